The molecule has 0 bridgehead atoms. The minimum absolute atomic E-state index is 0.0434. The molecule has 2 aromatic rings. The SMILES string of the molecule is O=C1CNC(=O)N1Cc1cccc(NC(=O)[C@@]23C[C@H](c4ccccc4)[C@@H]2C3)c1. The molecule has 142 valence electrons. The zero-order chi connectivity index (χ0) is 19.3. The molecular formula is C22H21N3O3. The van der Waals surface area contributed by atoms with E-state index in [4.69, 9.17) is 0 Å². The van der Waals surface area contributed by atoms with Crippen molar-refractivity contribution in [1.29, 1.82) is 0 Å². The van der Waals surface area contributed by atoms with Gasteiger partial charge in [0, 0.05) is 5.69 Å². The monoisotopic (exact) mass is 375 g/mol. The Hall–Kier alpha value is -3.15. The molecule has 3 fully saturated rings. The van der Waals surface area contributed by atoms with Crippen LogP contribution in [-0.2, 0) is 16.1 Å². The van der Waals surface area contributed by atoms with Gasteiger partial charge in [0.05, 0.1) is 18.5 Å². The lowest BCUT2D eigenvalue weighted by molar-refractivity contribution is -0.125. The zero-order valence-electron chi connectivity index (χ0n) is 15.4. The van der Waals surface area contributed by atoms with Crippen LogP contribution in [-0.4, -0.2) is 29.3 Å². The van der Waals surface area contributed by atoms with E-state index in [0.717, 1.165) is 18.4 Å². The van der Waals surface area contributed by atoms with Crippen molar-refractivity contribution < 1.29 is 14.4 Å². The molecular weight excluding hydrogens is 354 g/mol. The summed E-state index contributed by atoms with van der Waals surface area (Å²) in [5.74, 6) is 0.763. The van der Waals surface area contributed by atoms with Crippen molar-refractivity contribution in [2.24, 2.45) is 11.3 Å². The molecule has 0 aromatic heterocycles. The molecule has 3 aliphatic rings. The second kappa shape index (κ2) is 6.19. The predicted octanol–water partition coefficient (Wildman–Crippen LogP) is 2.87. The van der Waals surface area contributed by atoms with Gasteiger partial charge < -0.3 is 10.6 Å². The van der Waals surface area contributed by atoms with Gasteiger partial charge in [-0.2, -0.15) is 0 Å². The van der Waals surface area contributed by atoms with Crippen LogP contribution in [0.5, 0.6) is 0 Å². The van der Waals surface area contributed by atoms with E-state index in [9.17, 15) is 14.4 Å². The van der Waals surface area contributed by atoms with E-state index in [1.165, 1.54) is 10.5 Å². The topological polar surface area (TPSA) is 78.5 Å². The minimum atomic E-state index is -0.374. The number of hydrogen-bond acceptors (Lipinski definition) is 3. The predicted molar refractivity (Wildman–Crippen MR) is 103 cm³/mol. The molecule has 2 saturated carbocycles. The van der Waals surface area contributed by atoms with Crippen LogP contribution in [0, 0.1) is 11.3 Å². The van der Waals surface area contributed by atoms with Gasteiger partial charge in [0.2, 0.25) is 11.8 Å². The fourth-order valence-electron chi connectivity index (χ4n) is 4.67. The molecule has 1 heterocycles. The van der Waals surface area contributed by atoms with Crippen molar-refractivity contribution in [1.82, 2.24) is 10.2 Å². The highest BCUT2D eigenvalue weighted by molar-refractivity contribution is 6.02. The molecule has 1 saturated heterocycles. The number of nitrogens with zero attached hydrogens (tertiary/aromatic N) is 1. The third kappa shape index (κ3) is 2.68. The number of carbonyl (C=O) groups excluding carboxylic acids is 3. The van der Waals surface area contributed by atoms with Gasteiger partial charge in [-0.05, 0) is 47.9 Å². The van der Waals surface area contributed by atoms with E-state index in [1.807, 2.05) is 30.3 Å². The Morgan fingerprint density at radius 2 is 1.93 bits per heavy atom. The molecule has 6 heteroatoms. The molecule has 2 aliphatic carbocycles. The highest BCUT2D eigenvalue weighted by atomic mass is 16.2. The van der Waals surface area contributed by atoms with E-state index in [1.54, 1.807) is 0 Å². The van der Waals surface area contributed by atoms with E-state index < -0.39 is 0 Å². The smallest absolute Gasteiger partial charge is 0.324 e. The van der Waals surface area contributed by atoms with E-state index in [-0.39, 0.29) is 36.3 Å². The number of nitrogens with one attached hydrogen (secondary N) is 2. The Kier molecular flexibility index (Phi) is 3.75. The standard InChI is InChI=1S/C22H21N3O3/c26-19-12-23-21(28)25(19)13-14-5-4-8-16(9-14)24-20(27)22-10-17(18(22)11-22)15-6-2-1-3-7-15/h1-9,17-18H,10-13H2,(H,23,28)(H,24,27)/t17-,18+,22-/m1/s1. The summed E-state index contributed by atoms with van der Waals surface area (Å²) in [5.41, 5.74) is 2.62. The molecule has 0 radical (unpaired) electrons. The number of hydrogen-bond donors (Lipinski definition) is 2. The summed E-state index contributed by atoms with van der Waals surface area (Å²) < 4.78 is 0. The third-order valence-electron chi connectivity index (χ3n) is 6.35. The molecule has 0 spiro atoms. The van der Waals surface area contributed by atoms with E-state index in [0.29, 0.717) is 17.5 Å². The number of rotatable bonds is 5. The van der Waals surface area contributed by atoms with Crippen molar-refractivity contribution >= 4 is 23.5 Å². The lowest BCUT2D eigenvalue weighted by Crippen LogP contribution is -2.36. The van der Waals surface area contributed by atoms with Crippen LogP contribution in [0.2, 0.25) is 0 Å². The maximum atomic E-state index is 12.9. The van der Waals surface area contributed by atoms with Gasteiger partial charge in [0.15, 0.2) is 0 Å². The molecule has 2 aromatic carbocycles. The van der Waals surface area contributed by atoms with E-state index >= 15 is 0 Å². The molecule has 5 rings (SSSR count). The zero-order valence-corrected chi connectivity index (χ0v) is 15.4. The fraction of sp³-hybridized carbons (Fsp3) is 0.318. The second-order valence-electron chi connectivity index (χ2n) is 7.98. The first-order valence-corrected chi connectivity index (χ1v) is 9.60. The first kappa shape index (κ1) is 17.0. The second-order valence-corrected chi connectivity index (χ2v) is 7.98. The van der Waals surface area contributed by atoms with Gasteiger partial charge in [0.25, 0.3) is 0 Å². The van der Waals surface area contributed by atoms with Crippen molar-refractivity contribution in [2.75, 3.05) is 11.9 Å². The highest BCUT2D eigenvalue weighted by Gasteiger charge is 2.71. The van der Waals surface area contributed by atoms with Crippen LogP contribution in [0.3, 0.4) is 0 Å². The summed E-state index contributed by atoms with van der Waals surface area (Å²) in [6.45, 7) is 0.250. The van der Waals surface area contributed by atoms with Crippen LogP contribution in [0.1, 0.15) is 29.9 Å². The average molecular weight is 375 g/mol. The summed E-state index contributed by atoms with van der Waals surface area (Å²) in [5, 5.41) is 5.56. The number of carbonyl (C=O) groups is 3. The van der Waals surface area contributed by atoms with Crippen LogP contribution < -0.4 is 10.6 Å². The number of imide groups is 1. The first-order chi connectivity index (χ1) is 13.6. The molecule has 2 N–H and O–H groups in total. The quantitative estimate of drug-likeness (QED) is 0.789. The lowest BCUT2D eigenvalue weighted by Gasteiger charge is -2.34. The van der Waals surface area contributed by atoms with Crippen LogP contribution >= 0.6 is 0 Å². The van der Waals surface area contributed by atoms with Gasteiger partial charge >= 0.3 is 6.03 Å². The Bertz CT molecular complexity index is 958. The highest BCUT2D eigenvalue weighted by Crippen LogP contribution is 2.74. The summed E-state index contributed by atoms with van der Waals surface area (Å²) in [7, 11) is 0. The summed E-state index contributed by atoms with van der Waals surface area (Å²) in [4.78, 5) is 37.5. The molecule has 0 unspecified atom stereocenters. The molecule has 3 atom stereocenters. The van der Waals surface area contributed by atoms with Crippen molar-refractivity contribution in [3.63, 3.8) is 0 Å². The number of amides is 4. The molecule has 1 aliphatic heterocycles. The summed E-state index contributed by atoms with van der Waals surface area (Å²) in [6.07, 6.45) is 1.84. The van der Waals surface area contributed by atoms with E-state index in [2.05, 4.69) is 34.9 Å². The van der Waals surface area contributed by atoms with Gasteiger partial charge in [-0.25, -0.2) is 4.79 Å². The molecule has 6 nitrogen and oxygen atoms in total. The number of anilines is 1. The first-order valence-electron chi connectivity index (χ1n) is 9.60. The number of benzene rings is 2. The summed E-state index contributed by atoms with van der Waals surface area (Å²) in [6, 6.07) is 17.4. The minimum Gasteiger partial charge on any atom is -0.329 e. The maximum Gasteiger partial charge on any atom is 0.324 e. The Balaban J connectivity index is 1.24. The van der Waals surface area contributed by atoms with Gasteiger partial charge in [-0.1, -0.05) is 42.5 Å². The summed E-state index contributed by atoms with van der Waals surface area (Å²) >= 11 is 0. The Labute approximate surface area is 162 Å². The van der Waals surface area contributed by atoms with Crippen LogP contribution in [0.25, 0.3) is 0 Å². The van der Waals surface area contributed by atoms with Gasteiger partial charge in [-0.15, -0.1) is 0 Å². The third-order valence-corrected chi connectivity index (χ3v) is 6.35. The van der Waals surface area contributed by atoms with Crippen molar-refractivity contribution in [3.05, 3.63) is 65.7 Å². The molecule has 4 amide bonds. The normalized spacial score (nSPS) is 27.6. The van der Waals surface area contributed by atoms with Crippen molar-refractivity contribution in [2.45, 2.75) is 25.3 Å². The maximum absolute atomic E-state index is 12.9. The number of fused-ring (bicyclic) bond motifs is 1. The molecule has 28 heavy (non-hydrogen) atoms. The van der Waals surface area contributed by atoms with Gasteiger partial charge in [-0.3, -0.25) is 14.5 Å². The van der Waals surface area contributed by atoms with Crippen LogP contribution in [0.4, 0.5) is 10.5 Å². The van der Waals surface area contributed by atoms with Crippen LogP contribution in [0.15, 0.2) is 54.6 Å². The largest absolute Gasteiger partial charge is 0.329 e. The average Bonchev–Trinajstić information content (AvgIpc) is 3.17. The fourth-order valence-corrected chi connectivity index (χ4v) is 4.67. The lowest BCUT2D eigenvalue weighted by atomic mass is 9.71. The van der Waals surface area contributed by atoms with Gasteiger partial charge in [0.1, 0.15) is 0 Å². The van der Waals surface area contributed by atoms with Crippen molar-refractivity contribution in [3.8, 4) is 0 Å². The number of urea groups is 1. The Morgan fingerprint density at radius 1 is 1.11 bits per heavy atom. The Morgan fingerprint density at radius 3 is 2.64 bits per heavy atom.